The van der Waals surface area contributed by atoms with Crippen molar-refractivity contribution >= 4 is 11.8 Å². The fourth-order valence-electron chi connectivity index (χ4n) is 3.65. The maximum Gasteiger partial charge on any atom is 0.315 e. The summed E-state index contributed by atoms with van der Waals surface area (Å²) in [5, 5.41) is 0. The first-order chi connectivity index (χ1) is 12.4. The first-order valence-corrected chi connectivity index (χ1v) is 9.49. The molecule has 0 N–H and O–H groups in total. The lowest BCUT2D eigenvalue weighted by atomic mass is 10.0. The first-order valence-electron chi connectivity index (χ1n) is 9.49. The molecule has 0 saturated heterocycles. The largest absolute Gasteiger partial charge is 0.465 e. The molecular formula is C21H28N2O3. The lowest BCUT2D eigenvalue weighted by molar-refractivity contribution is -0.145. The molecular weight excluding hydrogens is 328 g/mol. The van der Waals surface area contributed by atoms with E-state index in [9.17, 15) is 9.59 Å². The van der Waals surface area contributed by atoms with E-state index in [0.717, 1.165) is 29.8 Å². The van der Waals surface area contributed by atoms with Gasteiger partial charge in [-0.25, -0.2) is 0 Å². The van der Waals surface area contributed by atoms with Crippen molar-refractivity contribution in [1.29, 1.82) is 0 Å². The van der Waals surface area contributed by atoms with E-state index in [-0.39, 0.29) is 17.7 Å². The van der Waals surface area contributed by atoms with Gasteiger partial charge in [0.1, 0.15) is 0 Å². The zero-order valence-electron chi connectivity index (χ0n) is 16.1. The van der Waals surface area contributed by atoms with Crippen molar-refractivity contribution in [2.75, 3.05) is 6.61 Å². The number of hydrogen-bond donors (Lipinski definition) is 0. The van der Waals surface area contributed by atoms with Crippen LogP contribution in [0.4, 0.5) is 0 Å². The van der Waals surface area contributed by atoms with Crippen LogP contribution < -0.4 is 0 Å². The Morgan fingerprint density at radius 2 is 2.12 bits per heavy atom. The van der Waals surface area contributed by atoms with Crippen LogP contribution in [0.3, 0.4) is 0 Å². The number of aryl methyl sites for hydroxylation is 2. The molecule has 1 unspecified atom stereocenters. The Bertz CT molecular complexity index is 813. The van der Waals surface area contributed by atoms with Gasteiger partial charge in [0.15, 0.2) is 0 Å². The number of aromatic nitrogens is 2. The first kappa shape index (κ1) is 18.5. The number of hydrogen-bond acceptors (Lipinski definition) is 3. The second-order valence-corrected chi connectivity index (χ2v) is 7.47. The molecule has 1 atom stereocenters. The Balaban J connectivity index is 1.86. The van der Waals surface area contributed by atoms with Crippen molar-refractivity contribution < 1.29 is 14.3 Å². The Hall–Kier alpha value is -2.30. The van der Waals surface area contributed by atoms with Gasteiger partial charge in [-0.05, 0) is 48.9 Å². The van der Waals surface area contributed by atoms with Crippen LogP contribution in [-0.4, -0.2) is 27.5 Å². The third-order valence-corrected chi connectivity index (χ3v) is 5.20. The molecule has 140 valence electrons. The molecule has 3 rings (SSSR count). The van der Waals surface area contributed by atoms with E-state index in [4.69, 9.17) is 4.74 Å². The van der Waals surface area contributed by atoms with Gasteiger partial charge < -0.3 is 13.9 Å². The molecule has 0 bridgehead atoms. The number of ketones is 1. The van der Waals surface area contributed by atoms with Crippen LogP contribution in [-0.2, 0) is 29.5 Å². The van der Waals surface area contributed by atoms with Crippen molar-refractivity contribution in [1.82, 2.24) is 9.13 Å². The molecule has 0 fully saturated rings. The quantitative estimate of drug-likeness (QED) is 0.561. The standard InChI is InChI=1S/C21H28N2O3/c1-5-15-13-18-16(21(25)26-12-9-14(2)3)8-11-23(18)19(15)20(24)17-7-6-10-22(17)4/h6-7,10,13-14,16H,5,8-9,11-12H2,1-4H3. The average Bonchev–Trinajstić information content (AvgIpc) is 3.27. The molecule has 0 saturated carbocycles. The SMILES string of the molecule is CCc1cc2n(c1C(=O)c1cccn1C)CCC2C(=O)OCCC(C)C. The minimum absolute atomic E-state index is 0.0226. The predicted molar refractivity (Wildman–Crippen MR) is 100 cm³/mol. The van der Waals surface area contributed by atoms with Crippen LogP contribution in [0.15, 0.2) is 24.4 Å². The summed E-state index contributed by atoms with van der Waals surface area (Å²) in [5.41, 5.74) is 3.32. The fourth-order valence-corrected chi connectivity index (χ4v) is 3.65. The molecule has 0 spiro atoms. The van der Waals surface area contributed by atoms with E-state index in [1.165, 1.54) is 0 Å². The molecule has 26 heavy (non-hydrogen) atoms. The van der Waals surface area contributed by atoms with E-state index in [1.54, 1.807) is 0 Å². The fraction of sp³-hybridized carbons (Fsp3) is 0.524. The molecule has 2 aromatic heterocycles. The number of rotatable bonds is 7. The summed E-state index contributed by atoms with van der Waals surface area (Å²) in [7, 11) is 1.88. The monoisotopic (exact) mass is 356 g/mol. The lowest BCUT2D eigenvalue weighted by Gasteiger charge is -2.11. The van der Waals surface area contributed by atoms with Crippen molar-refractivity contribution in [2.45, 2.75) is 52.5 Å². The number of ether oxygens (including phenoxy) is 1. The van der Waals surface area contributed by atoms with Gasteiger partial charge in [-0.2, -0.15) is 0 Å². The van der Waals surface area contributed by atoms with Gasteiger partial charge in [0.25, 0.3) is 0 Å². The van der Waals surface area contributed by atoms with Crippen LogP contribution in [0, 0.1) is 5.92 Å². The van der Waals surface area contributed by atoms with Gasteiger partial charge in [0, 0.05) is 25.5 Å². The molecule has 1 aliphatic heterocycles. The average molecular weight is 356 g/mol. The van der Waals surface area contributed by atoms with Gasteiger partial charge in [0.2, 0.25) is 5.78 Å². The summed E-state index contributed by atoms with van der Waals surface area (Å²) >= 11 is 0. The topological polar surface area (TPSA) is 53.2 Å². The summed E-state index contributed by atoms with van der Waals surface area (Å²) in [5.74, 6) is 0.107. The zero-order valence-corrected chi connectivity index (χ0v) is 16.1. The minimum atomic E-state index is -0.262. The molecule has 0 amide bonds. The normalized spacial score (nSPS) is 16.1. The van der Waals surface area contributed by atoms with E-state index in [0.29, 0.717) is 31.2 Å². The summed E-state index contributed by atoms with van der Waals surface area (Å²) in [4.78, 5) is 25.6. The van der Waals surface area contributed by atoms with Crippen LogP contribution in [0.5, 0.6) is 0 Å². The van der Waals surface area contributed by atoms with Crippen molar-refractivity contribution in [3.63, 3.8) is 0 Å². The summed E-state index contributed by atoms with van der Waals surface area (Å²) in [6, 6.07) is 5.74. The molecule has 2 aromatic rings. The summed E-state index contributed by atoms with van der Waals surface area (Å²) < 4.78 is 9.36. The molecule has 0 radical (unpaired) electrons. The van der Waals surface area contributed by atoms with Crippen LogP contribution in [0.25, 0.3) is 0 Å². The minimum Gasteiger partial charge on any atom is -0.465 e. The van der Waals surface area contributed by atoms with Crippen molar-refractivity contribution in [2.24, 2.45) is 13.0 Å². The molecule has 0 aliphatic carbocycles. The van der Waals surface area contributed by atoms with E-state index in [1.807, 2.05) is 47.5 Å². The predicted octanol–water partition coefficient (Wildman–Crippen LogP) is 3.70. The molecule has 0 aromatic carbocycles. The van der Waals surface area contributed by atoms with E-state index >= 15 is 0 Å². The van der Waals surface area contributed by atoms with Crippen molar-refractivity contribution in [3.8, 4) is 0 Å². The van der Waals surface area contributed by atoms with E-state index in [2.05, 4.69) is 13.8 Å². The van der Waals surface area contributed by atoms with Gasteiger partial charge in [0.05, 0.1) is 23.9 Å². The molecule has 5 nitrogen and oxygen atoms in total. The highest BCUT2D eigenvalue weighted by Gasteiger charge is 2.35. The Morgan fingerprint density at radius 3 is 2.73 bits per heavy atom. The van der Waals surface area contributed by atoms with Crippen LogP contribution in [0.2, 0.25) is 0 Å². The number of esters is 1. The number of carbonyl (C=O) groups excluding carboxylic acids is 2. The smallest absolute Gasteiger partial charge is 0.315 e. The van der Waals surface area contributed by atoms with Gasteiger partial charge >= 0.3 is 5.97 Å². The van der Waals surface area contributed by atoms with Gasteiger partial charge in [-0.3, -0.25) is 9.59 Å². The highest BCUT2D eigenvalue weighted by atomic mass is 16.5. The molecule has 1 aliphatic rings. The molecule has 3 heterocycles. The highest BCUT2D eigenvalue weighted by Crippen LogP contribution is 2.35. The number of fused-ring (bicyclic) bond motifs is 1. The third-order valence-electron chi connectivity index (χ3n) is 5.20. The van der Waals surface area contributed by atoms with Crippen LogP contribution >= 0.6 is 0 Å². The lowest BCUT2D eigenvalue weighted by Crippen LogP contribution is -2.15. The number of carbonyl (C=O) groups is 2. The van der Waals surface area contributed by atoms with Crippen LogP contribution in [0.1, 0.15) is 67.0 Å². The summed E-state index contributed by atoms with van der Waals surface area (Å²) in [6.07, 6.45) is 4.21. The Kier molecular flexibility index (Phi) is 5.35. The number of nitrogens with zero attached hydrogens (tertiary/aromatic N) is 2. The maximum absolute atomic E-state index is 13.1. The highest BCUT2D eigenvalue weighted by molar-refractivity contribution is 6.08. The Morgan fingerprint density at radius 1 is 1.35 bits per heavy atom. The molecule has 5 heteroatoms. The zero-order chi connectivity index (χ0) is 18.8. The van der Waals surface area contributed by atoms with E-state index < -0.39 is 0 Å². The third kappa shape index (κ3) is 3.35. The second kappa shape index (κ2) is 7.52. The van der Waals surface area contributed by atoms with Gasteiger partial charge in [-0.15, -0.1) is 0 Å². The maximum atomic E-state index is 13.1. The van der Waals surface area contributed by atoms with Crippen molar-refractivity contribution in [3.05, 3.63) is 47.0 Å². The summed E-state index contributed by atoms with van der Waals surface area (Å²) in [6.45, 7) is 7.42. The van der Waals surface area contributed by atoms with Gasteiger partial charge in [-0.1, -0.05) is 20.8 Å². The Labute approximate surface area is 155 Å². The second-order valence-electron chi connectivity index (χ2n) is 7.47.